The highest BCUT2D eigenvalue weighted by atomic mass is 19.4. The highest BCUT2D eigenvalue weighted by Crippen LogP contribution is 2.33. The number of alkyl halides is 6. The van der Waals surface area contributed by atoms with Crippen molar-refractivity contribution < 1.29 is 35.9 Å². The molecule has 0 radical (unpaired) electrons. The van der Waals surface area contributed by atoms with E-state index in [1.54, 1.807) is 9.80 Å². The predicted octanol–water partition coefficient (Wildman–Crippen LogP) is 1.52. The lowest BCUT2D eigenvalue weighted by molar-refractivity contribution is -0.140. The van der Waals surface area contributed by atoms with Gasteiger partial charge in [-0.3, -0.25) is 14.4 Å². The first kappa shape index (κ1) is 27.3. The molecule has 0 aromatic carbocycles. The SMILES string of the molecule is NC(=O)c1cc(C(F)(F)F)cnc1N1CCN(C(=O)C2CC(NCc3cc(C(F)(F)F)c(=O)[nH]n3)C2)CC1. The van der Waals surface area contributed by atoms with Gasteiger partial charge in [-0.25, -0.2) is 10.1 Å². The zero-order chi connectivity index (χ0) is 27.8. The van der Waals surface area contributed by atoms with Crippen LogP contribution in [0.2, 0.25) is 0 Å². The number of hydrogen-bond acceptors (Lipinski definition) is 7. The fourth-order valence-corrected chi connectivity index (χ4v) is 4.43. The molecule has 0 spiro atoms. The Morgan fingerprint density at radius 3 is 2.29 bits per heavy atom. The Kier molecular flexibility index (Phi) is 7.36. The summed E-state index contributed by atoms with van der Waals surface area (Å²) >= 11 is 0. The van der Waals surface area contributed by atoms with E-state index in [0.717, 1.165) is 0 Å². The van der Waals surface area contributed by atoms with Crippen LogP contribution in [0.1, 0.15) is 40.0 Å². The van der Waals surface area contributed by atoms with Crippen LogP contribution in [0.4, 0.5) is 32.2 Å². The van der Waals surface area contributed by atoms with Gasteiger partial charge >= 0.3 is 12.4 Å². The van der Waals surface area contributed by atoms with E-state index in [1.807, 2.05) is 5.10 Å². The molecule has 10 nitrogen and oxygen atoms in total. The number of primary amides is 1. The number of nitrogens with zero attached hydrogens (tertiary/aromatic N) is 4. The molecule has 4 rings (SSSR count). The quantitative estimate of drug-likeness (QED) is 0.467. The van der Waals surface area contributed by atoms with Crippen molar-refractivity contribution in [3.8, 4) is 0 Å². The number of piperazine rings is 1. The molecule has 206 valence electrons. The number of H-pyrrole nitrogens is 1. The molecule has 1 saturated heterocycles. The molecule has 2 aliphatic rings. The smallest absolute Gasteiger partial charge is 0.365 e. The summed E-state index contributed by atoms with van der Waals surface area (Å²) in [5.74, 6) is -1.43. The number of pyridine rings is 1. The van der Waals surface area contributed by atoms with E-state index in [4.69, 9.17) is 5.73 Å². The summed E-state index contributed by atoms with van der Waals surface area (Å²) < 4.78 is 77.6. The maximum Gasteiger partial charge on any atom is 0.421 e. The van der Waals surface area contributed by atoms with Crippen molar-refractivity contribution in [2.24, 2.45) is 11.7 Å². The summed E-state index contributed by atoms with van der Waals surface area (Å²) in [5, 5.41) is 8.45. The molecule has 16 heteroatoms. The number of carbonyl (C=O) groups excluding carboxylic acids is 2. The Labute approximate surface area is 211 Å². The fraction of sp³-hybridized carbons (Fsp3) is 0.500. The van der Waals surface area contributed by atoms with Crippen LogP contribution >= 0.6 is 0 Å². The molecule has 0 unspecified atom stereocenters. The van der Waals surface area contributed by atoms with Gasteiger partial charge in [0.15, 0.2) is 0 Å². The molecule has 2 fully saturated rings. The van der Waals surface area contributed by atoms with Gasteiger partial charge in [-0.1, -0.05) is 0 Å². The largest absolute Gasteiger partial charge is 0.421 e. The Bertz CT molecular complexity index is 1270. The zero-order valence-corrected chi connectivity index (χ0v) is 19.7. The minimum absolute atomic E-state index is 0.00929. The number of hydrogen-bond donors (Lipinski definition) is 3. The van der Waals surface area contributed by atoms with Crippen LogP contribution in [0.15, 0.2) is 23.1 Å². The summed E-state index contributed by atoms with van der Waals surface area (Å²) in [5.41, 5.74) is 1.18. The second-order valence-electron chi connectivity index (χ2n) is 9.12. The molecule has 38 heavy (non-hydrogen) atoms. The van der Waals surface area contributed by atoms with Crippen molar-refractivity contribution >= 4 is 17.6 Å². The van der Waals surface area contributed by atoms with E-state index in [1.165, 1.54) is 0 Å². The lowest BCUT2D eigenvalue weighted by atomic mass is 9.79. The second-order valence-corrected chi connectivity index (χ2v) is 9.12. The standard InChI is InChI=1S/C22H23F6N7O3/c23-21(24,25)12-7-15(17(29)36)18(31-9-12)34-1-3-35(4-2-34)20(38)11-5-13(6-11)30-10-14-8-16(22(26,27)28)19(37)33-32-14/h7-9,11,13,30H,1-6,10H2,(H2,29,36)(H,33,37). The van der Waals surface area contributed by atoms with E-state index in [2.05, 4.69) is 15.4 Å². The van der Waals surface area contributed by atoms with Crippen LogP contribution in [-0.2, 0) is 23.7 Å². The molecule has 0 bridgehead atoms. The van der Waals surface area contributed by atoms with Gasteiger partial charge in [0.1, 0.15) is 11.4 Å². The molecule has 2 aromatic rings. The van der Waals surface area contributed by atoms with Crippen LogP contribution in [0.5, 0.6) is 0 Å². The fourth-order valence-electron chi connectivity index (χ4n) is 4.43. The highest BCUT2D eigenvalue weighted by molar-refractivity contribution is 5.98. The van der Waals surface area contributed by atoms with Gasteiger partial charge in [0.25, 0.3) is 11.5 Å². The number of aromatic nitrogens is 3. The van der Waals surface area contributed by atoms with E-state index >= 15 is 0 Å². The molecular weight excluding hydrogens is 524 g/mol. The minimum Gasteiger partial charge on any atom is -0.365 e. The Hall–Kier alpha value is -3.69. The molecule has 2 aromatic heterocycles. The number of nitrogens with two attached hydrogens (primary N) is 1. The third kappa shape index (κ3) is 5.89. The monoisotopic (exact) mass is 547 g/mol. The average molecular weight is 547 g/mol. The van der Waals surface area contributed by atoms with Crippen LogP contribution in [0.3, 0.4) is 0 Å². The summed E-state index contributed by atoms with van der Waals surface area (Å²) in [6.45, 7) is 0.967. The molecule has 4 N–H and O–H groups in total. The number of amides is 2. The lowest BCUT2D eigenvalue weighted by Gasteiger charge is -2.41. The number of carbonyl (C=O) groups is 2. The van der Waals surface area contributed by atoms with Crippen molar-refractivity contribution in [2.75, 3.05) is 31.1 Å². The number of halogens is 6. The Morgan fingerprint density at radius 2 is 1.71 bits per heavy atom. The highest BCUT2D eigenvalue weighted by Gasteiger charge is 2.39. The third-order valence-electron chi connectivity index (χ3n) is 6.57. The molecule has 1 aliphatic heterocycles. The van der Waals surface area contributed by atoms with Crippen LogP contribution < -0.4 is 21.5 Å². The van der Waals surface area contributed by atoms with Gasteiger partial charge in [0.05, 0.1) is 16.8 Å². The molecular formula is C22H23F6N7O3. The molecule has 3 heterocycles. The summed E-state index contributed by atoms with van der Waals surface area (Å²) in [4.78, 5) is 42.9. The van der Waals surface area contributed by atoms with E-state index < -0.39 is 34.9 Å². The van der Waals surface area contributed by atoms with Crippen molar-refractivity contribution in [2.45, 2.75) is 37.8 Å². The van der Waals surface area contributed by atoms with Crippen LogP contribution in [0.25, 0.3) is 0 Å². The maximum absolute atomic E-state index is 13.0. The van der Waals surface area contributed by atoms with E-state index in [9.17, 15) is 40.7 Å². The van der Waals surface area contributed by atoms with Crippen LogP contribution in [0, 0.1) is 5.92 Å². The van der Waals surface area contributed by atoms with Gasteiger partial charge in [0, 0.05) is 50.9 Å². The summed E-state index contributed by atoms with van der Waals surface area (Å²) in [6.07, 6.45) is -7.93. The number of aromatic amines is 1. The summed E-state index contributed by atoms with van der Waals surface area (Å²) in [7, 11) is 0. The lowest BCUT2D eigenvalue weighted by Crippen LogP contribution is -2.54. The zero-order valence-electron chi connectivity index (χ0n) is 19.7. The molecule has 2 amide bonds. The van der Waals surface area contributed by atoms with Crippen LogP contribution in [-0.4, -0.2) is 64.1 Å². The topological polar surface area (TPSA) is 137 Å². The predicted molar refractivity (Wildman–Crippen MR) is 120 cm³/mol. The maximum atomic E-state index is 13.0. The van der Waals surface area contributed by atoms with Gasteiger partial charge in [0.2, 0.25) is 5.91 Å². The molecule has 1 aliphatic carbocycles. The van der Waals surface area contributed by atoms with E-state index in [-0.39, 0.29) is 67.7 Å². The number of anilines is 1. The van der Waals surface area contributed by atoms with Crippen molar-refractivity contribution in [3.63, 3.8) is 0 Å². The first-order valence-electron chi connectivity index (χ1n) is 11.5. The first-order valence-corrected chi connectivity index (χ1v) is 11.5. The Morgan fingerprint density at radius 1 is 1.05 bits per heavy atom. The third-order valence-corrected chi connectivity index (χ3v) is 6.57. The molecule has 0 atom stereocenters. The average Bonchev–Trinajstić information content (AvgIpc) is 2.82. The van der Waals surface area contributed by atoms with Gasteiger partial charge in [-0.05, 0) is 25.0 Å². The number of nitrogens with one attached hydrogen (secondary N) is 2. The summed E-state index contributed by atoms with van der Waals surface area (Å²) in [6, 6.07) is 1.22. The minimum atomic E-state index is -4.80. The molecule has 1 saturated carbocycles. The normalized spacial score (nSPS) is 20.3. The van der Waals surface area contributed by atoms with Gasteiger partial charge in [-0.15, -0.1) is 0 Å². The van der Waals surface area contributed by atoms with Crippen molar-refractivity contribution in [3.05, 3.63) is 51.1 Å². The van der Waals surface area contributed by atoms with Crippen molar-refractivity contribution in [1.29, 1.82) is 0 Å². The Balaban J connectivity index is 1.28. The number of rotatable bonds is 6. The van der Waals surface area contributed by atoms with Gasteiger partial charge in [-0.2, -0.15) is 31.4 Å². The van der Waals surface area contributed by atoms with Gasteiger partial charge < -0.3 is 20.9 Å². The first-order chi connectivity index (χ1) is 17.7. The second kappa shape index (κ2) is 10.2. The van der Waals surface area contributed by atoms with E-state index in [0.29, 0.717) is 31.2 Å². The van der Waals surface area contributed by atoms with Crippen molar-refractivity contribution in [1.82, 2.24) is 25.4 Å².